The van der Waals surface area contributed by atoms with Gasteiger partial charge in [-0.25, -0.2) is 9.78 Å². The number of likely N-dealkylation sites (tertiary alicyclic amines) is 1. The molecule has 1 fully saturated rings. The molecule has 24 heavy (non-hydrogen) atoms. The molecule has 7 nitrogen and oxygen atoms in total. The first-order chi connectivity index (χ1) is 11.1. The number of anilines is 1. The number of nitrogens with zero attached hydrogens (tertiary/aromatic N) is 4. The number of amides is 2. The number of aromatic nitrogens is 3. The van der Waals surface area contributed by atoms with Crippen molar-refractivity contribution in [2.75, 3.05) is 18.4 Å². The fourth-order valence-corrected chi connectivity index (χ4v) is 2.78. The van der Waals surface area contributed by atoms with Crippen LogP contribution in [-0.4, -0.2) is 55.7 Å². The molecule has 0 aliphatic carbocycles. The van der Waals surface area contributed by atoms with Gasteiger partial charge in [-0.2, -0.15) is 18.3 Å². The first-order valence-electron chi connectivity index (χ1n) is 7.25. The zero-order valence-corrected chi connectivity index (χ0v) is 13.1. The molecule has 0 saturated carbocycles. The monoisotopic (exact) mass is 343 g/mol. The molecule has 0 radical (unpaired) electrons. The maximum absolute atomic E-state index is 12.8. The van der Waals surface area contributed by atoms with Gasteiger partial charge in [0, 0.05) is 25.4 Å². The third-order valence-corrected chi connectivity index (χ3v) is 4.18. The van der Waals surface area contributed by atoms with Gasteiger partial charge in [0.05, 0.1) is 24.1 Å². The maximum Gasteiger partial charge on any atom is 0.419 e. The van der Waals surface area contributed by atoms with Gasteiger partial charge in [-0.15, -0.1) is 0 Å². The summed E-state index contributed by atoms with van der Waals surface area (Å²) in [5.74, 6) is 0. The molecule has 10 heteroatoms. The predicted octanol–water partition coefficient (Wildman–Crippen LogP) is 1.81. The van der Waals surface area contributed by atoms with Gasteiger partial charge >= 0.3 is 12.2 Å². The molecule has 0 unspecified atom stereocenters. The van der Waals surface area contributed by atoms with Gasteiger partial charge < -0.3 is 15.3 Å². The summed E-state index contributed by atoms with van der Waals surface area (Å²) < 4.78 is 40.0. The molecule has 3 heterocycles. The number of carbonyl (C=O) groups excluding carboxylic acids is 1. The number of carbonyl (C=O) groups is 1. The molecule has 130 valence electrons. The Kier molecular flexibility index (Phi) is 3.67. The first-order valence-corrected chi connectivity index (χ1v) is 7.25. The molecule has 0 bridgehead atoms. The average molecular weight is 343 g/mol. The number of alkyl halides is 3. The predicted molar refractivity (Wildman–Crippen MR) is 79.5 cm³/mol. The minimum atomic E-state index is -4.77. The molecule has 3 rings (SSSR count). The standard InChI is InChI=1S/C14H16F3N5O2/c1-8-10-5-9(6-18-11(10)21(2)20-8)19-12(23)22-4-3-13(24,7-22)14(15,16)17/h5-6,24H,3-4,7H2,1-2H3,(H,19,23)/t13-/m1/s1. The second-order valence-corrected chi connectivity index (χ2v) is 5.94. The van der Waals surface area contributed by atoms with Crippen LogP contribution in [0.15, 0.2) is 12.3 Å². The zero-order chi connectivity index (χ0) is 17.7. The van der Waals surface area contributed by atoms with E-state index in [9.17, 15) is 23.1 Å². The van der Waals surface area contributed by atoms with Crippen LogP contribution in [0.25, 0.3) is 11.0 Å². The number of fused-ring (bicyclic) bond motifs is 1. The SMILES string of the molecule is Cc1nn(C)c2ncc(NC(=O)N3CC[C@](O)(C(F)(F)F)C3)cc12. The third kappa shape index (κ3) is 2.66. The van der Waals surface area contributed by atoms with Crippen molar-refractivity contribution in [1.29, 1.82) is 0 Å². The van der Waals surface area contributed by atoms with Crippen LogP contribution in [0.1, 0.15) is 12.1 Å². The number of nitrogens with one attached hydrogen (secondary N) is 1. The highest BCUT2D eigenvalue weighted by Crippen LogP contribution is 2.37. The molecule has 2 N–H and O–H groups in total. The smallest absolute Gasteiger partial charge is 0.379 e. The highest BCUT2D eigenvalue weighted by atomic mass is 19.4. The third-order valence-electron chi connectivity index (χ3n) is 4.18. The van der Waals surface area contributed by atoms with Crippen molar-refractivity contribution in [1.82, 2.24) is 19.7 Å². The molecule has 2 aromatic heterocycles. The Morgan fingerprint density at radius 3 is 2.79 bits per heavy atom. The van der Waals surface area contributed by atoms with Gasteiger partial charge in [0.25, 0.3) is 0 Å². The average Bonchev–Trinajstić information content (AvgIpc) is 3.01. The van der Waals surface area contributed by atoms with Crippen LogP contribution < -0.4 is 5.32 Å². The summed E-state index contributed by atoms with van der Waals surface area (Å²) in [7, 11) is 1.74. The molecule has 0 aromatic carbocycles. The Labute approximate surface area is 135 Å². The van der Waals surface area contributed by atoms with Crippen molar-refractivity contribution in [3.8, 4) is 0 Å². The number of halogens is 3. The number of urea groups is 1. The molecule has 1 aliphatic heterocycles. The van der Waals surface area contributed by atoms with E-state index in [0.717, 1.165) is 16.0 Å². The van der Waals surface area contributed by atoms with E-state index in [0.29, 0.717) is 11.3 Å². The molecule has 2 amide bonds. The molecule has 0 spiro atoms. The Bertz CT molecular complexity index is 804. The zero-order valence-electron chi connectivity index (χ0n) is 13.1. The van der Waals surface area contributed by atoms with Crippen LogP contribution >= 0.6 is 0 Å². The number of aryl methyl sites for hydroxylation is 2. The summed E-state index contributed by atoms with van der Waals surface area (Å²) in [6.07, 6.45) is -3.90. The van der Waals surface area contributed by atoms with Crippen molar-refractivity contribution in [2.45, 2.75) is 25.1 Å². The van der Waals surface area contributed by atoms with Crippen LogP contribution in [0.4, 0.5) is 23.7 Å². The normalized spacial score (nSPS) is 21.5. The second kappa shape index (κ2) is 5.33. The number of β-amino-alcohol motifs (C(OH)–C–C–N with tert-alkyl or cyclic N) is 1. The minimum absolute atomic E-state index is 0.177. The van der Waals surface area contributed by atoms with Crippen LogP contribution in [0.2, 0.25) is 0 Å². The van der Waals surface area contributed by atoms with E-state index in [1.165, 1.54) is 6.20 Å². The fourth-order valence-electron chi connectivity index (χ4n) is 2.78. The van der Waals surface area contributed by atoms with Gasteiger partial charge in [-0.1, -0.05) is 0 Å². The molecule has 1 aliphatic rings. The number of pyridine rings is 1. The van der Waals surface area contributed by atoms with Gasteiger partial charge in [-0.3, -0.25) is 4.68 Å². The van der Waals surface area contributed by atoms with Gasteiger partial charge in [0.2, 0.25) is 0 Å². The Morgan fingerprint density at radius 2 is 2.17 bits per heavy atom. The van der Waals surface area contributed by atoms with Gasteiger partial charge in [-0.05, 0) is 13.0 Å². The van der Waals surface area contributed by atoms with E-state index in [2.05, 4.69) is 15.4 Å². The lowest BCUT2D eigenvalue weighted by Gasteiger charge is -2.25. The molecule has 1 atom stereocenters. The lowest BCUT2D eigenvalue weighted by Crippen LogP contribution is -2.48. The van der Waals surface area contributed by atoms with Crippen molar-refractivity contribution in [3.63, 3.8) is 0 Å². The van der Waals surface area contributed by atoms with E-state index < -0.39 is 30.8 Å². The van der Waals surface area contributed by atoms with Crippen molar-refractivity contribution >= 4 is 22.8 Å². The number of hydrogen-bond acceptors (Lipinski definition) is 4. The van der Waals surface area contributed by atoms with Crippen LogP contribution in [0, 0.1) is 6.92 Å². The Hall–Kier alpha value is -2.36. The lowest BCUT2D eigenvalue weighted by molar-refractivity contribution is -0.253. The topological polar surface area (TPSA) is 83.3 Å². The summed E-state index contributed by atoms with van der Waals surface area (Å²) in [5, 5.41) is 17.1. The maximum atomic E-state index is 12.8. The van der Waals surface area contributed by atoms with E-state index in [1.54, 1.807) is 24.7 Å². The van der Waals surface area contributed by atoms with Crippen molar-refractivity contribution < 1.29 is 23.1 Å². The quantitative estimate of drug-likeness (QED) is 0.827. The highest BCUT2D eigenvalue weighted by Gasteiger charge is 2.57. The summed E-state index contributed by atoms with van der Waals surface area (Å²) in [4.78, 5) is 17.3. The number of hydrogen-bond donors (Lipinski definition) is 2. The van der Waals surface area contributed by atoms with Crippen molar-refractivity contribution in [2.24, 2.45) is 7.05 Å². The van der Waals surface area contributed by atoms with E-state index in [4.69, 9.17) is 0 Å². The molecular weight excluding hydrogens is 327 g/mol. The second-order valence-electron chi connectivity index (χ2n) is 5.94. The summed E-state index contributed by atoms with van der Waals surface area (Å²) in [6, 6.07) is 0.951. The molecule has 1 saturated heterocycles. The van der Waals surface area contributed by atoms with Gasteiger partial charge in [0.15, 0.2) is 11.2 Å². The van der Waals surface area contributed by atoms with E-state index >= 15 is 0 Å². The molecular formula is C14H16F3N5O2. The van der Waals surface area contributed by atoms with Crippen LogP contribution in [0.3, 0.4) is 0 Å². The van der Waals surface area contributed by atoms with Crippen LogP contribution in [-0.2, 0) is 7.05 Å². The summed E-state index contributed by atoms with van der Waals surface area (Å²) in [5.41, 5.74) is -1.14. The Balaban J connectivity index is 1.75. The lowest BCUT2D eigenvalue weighted by atomic mass is 10.0. The largest absolute Gasteiger partial charge is 0.419 e. The van der Waals surface area contributed by atoms with Crippen LogP contribution in [0.5, 0.6) is 0 Å². The van der Waals surface area contributed by atoms with E-state index in [-0.39, 0.29) is 6.54 Å². The van der Waals surface area contributed by atoms with E-state index in [1.807, 2.05) is 0 Å². The van der Waals surface area contributed by atoms with Crippen molar-refractivity contribution in [3.05, 3.63) is 18.0 Å². The summed E-state index contributed by atoms with van der Waals surface area (Å²) in [6.45, 7) is 0.826. The molecule has 2 aromatic rings. The highest BCUT2D eigenvalue weighted by molar-refractivity contribution is 5.92. The number of aliphatic hydroxyl groups is 1. The van der Waals surface area contributed by atoms with Gasteiger partial charge in [0.1, 0.15) is 0 Å². The first kappa shape index (κ1) is 16.5. The fraction of sp³-hybridized carbons (Fsp3) is 0.500. The minimum Gasteiger partial charge on any atom is -0.379 e. The Morgan fingerprint density at radius 1 is 1.46 bits per heavy atom. The summed E-state index contributed by atoms with van der Waals surface area (Å²) >= 11 is 0. The number of rotatable bonds is 1.